The van der Waals surface area contributed by atoms with Crippen molar-refractivity contribution in [1.29, 1.82) is 0 Å². The number of carbonyl (C=O) groups is 1. The molecule has 28 heavy (non-hydrogen) atoms. The minimum Gasteiger partial charge on any atom is -0.337 e. The number of likely N-dealkylation sites (tertiary alicyclic amines) is 1. The van der Waals surface area contributed by atoms with Crippen molar-refractivity contribution in [1.82, 2.24) is 15.0 Å². The summed E-state index contributed by atoms with van der Waals surface area (Å²) in [6.45, 7) is 0.556. The highest BCUT2D eigenvalue weighted by Crippen LogP contribution is 2.32. The third-order valence-corrected chi connectivity index (χ3v) is 4.88. The molecule has 1 fully saturated rings. The molecule has 4 rings (SSSR count). The number of rotatable bonds is 3. The smallest absolute Gasteiger partial charge is 0.322 e. The predicted molar refractivity (Wildman–Crippen MR) is 103 cm³/mol. The Balaban J connectivity index is 1.55. The highest BCUT2D eigenvalue weighted by atomic mass is 35.5. The van der Waals surface area contributed by atoms with E-state index >= 15 is 0 Å². The van der Waals surface area contributed by atoms with Crippen LogP contribution in [0.4, 0.5) is 14.9 Å². The summed E-state index contributed by atoms with van der Waals surface area (Å²) in [6.07, 6.45) is 2.54. The fraction of sp³-hybridized carbons (Fsp3) is 0.250. The lowest BCUT2D eigenvalue weighted by molar-refractivity contribution is 0.142. The van der Waals surface area contributed by atoms with Gasteiger partial charge in [-0.3, -0.25) is 0 Å². The molecule has 0 aliphatic carbocycles. The summed E-state index contributed by atoms with van der Waals surface area (Å²) in [6, 6.07) is 12.3. The number of aromatic nitrogens is 2. The second-order valence-electron chi connectivity index (χ2n) is 6.61. The summed E-state index contributed by atoms with van der Waals surface area (Å²) >= 11 is 6.03. The lowest BCUT2D eigenvalue weighted by Gasteiger charge is -2.33. The summed E-state index contributed by atoms with van der Waals surface area (Å²) in [5.74, 6) is 0.397. The van der Waals surface area contributed by atoms with Gasteiger partial charge in [0.1, 0.15) is 11.9 Å². The molecule has 1 aliphatic rings. The van der Waals surface area contributed by atoms with E-state index in [1.807, 2.05) is 12.1 Å². The van der Waals surface area contributed by atoms with E-state index in [0.717, 1.165) is 18.4 Å². The lowest BCUT2D eigenvalue weighted by atomic mass is 10.0. The Morgan fingerprint density at radius 1 is 1.21 bits per heavy atom. The zero-order valence-corrected chi connectivity index (χ0v) is 15.7. The normalized spacial score (nSPS) is 16.8. The van der Waals surface area contributed by atoms with E-state index in [1.165, 1.54) is 12.1 Å². The fourth-order valence-electron chi connectivity index (χ4n) is 3.31. The quantitative estimate of drug-likeness (QED) is 0.648. The number of nitrogens with one attached hydrogen (secondary N) is 1. The van der Waals surface area contributed by atoms with E-state index in [4.69, 9.17) is 16.1 Å². The summed E-state index contributed by atoms with van der Waals surface area (Å²) in [7, 11) is 0. The van der Waals surface area contributed by atoms with Gasteiger partial charge in [-0.25, -0.2) is 9.18 Å². The molecule has 1 N–H and O–H groups in total. The van der Waals surface area contributed by atoms with Crippen molar-refractivity contribution in [2.75, 3.05) is 11.9 Å². The molecular formula is C20H18ClFN4O2. The minimum absolute atomic E-state index is 0.321. The van der Waals surface area contributed by atoms with Gasteiger partial charge in [0.15, 0.2) is 0 Å². The van der Waals surface area contributed by atoms with Crippen LogP contribution in [0.15, 0.2) is 53.1 Å². The molecule has 0 unspecified atom stereocenters. The number of anilines is 1. The van der Waals surface area contributed by atoms with Crippen LogP contribution < -0.4 is 5.32 Å². The predicted octanol–water partition coefficient (Wildman–Crippen LogP) is 5.29. The van der Waals surface area contributed by atoms with Crippen LogP contribution in [0.25, 0.3) is 11.4 Å². The summed E-state index contributed by atoms with van der Waals surface area (Å²) in [5.41, 5.74) is 1.15. The third kappa shape index (κ3) is 3.99. The number of carbonyl (C=O) groups excluding carboxylic acids is 1. The van der Waals surface area contributed by atoms with Gasteiger partial charge < -0.3 is 14.7 Å². The van der Waals surface area contributed by atoms with Gasteiger partial charge in [-0.15, -0.1) is 0 Å². The van der Waals surface area contributed by atoms with Crippen molar-refractivity contribution < 1.29 is 13.7 Å². The van der Waals surface area contributed by atoms with Crippen LogP contribution >= 0.6 is 11.6 Å². The topological polar surface area (TPSA) is 71.3 Å². The first-order chi connectivity index (χ1) is 13.6. The van der Waals surface area contributed by atoms with Crippen molar-refractivity contribution in [3.8, 4) is 11.4 Å². The van der Waals surface area contributed by atoms with Gasteiger partial charge in [-0.05, 0) is 49.6 Å². The first kappa shape index (κ1) is 18.4. The molecular weight excluding hydrogens is 383 g/mol. The fourth-order valence-corrected chi connectivity index (χ4v) is 3.50. The lowest BCUT2D eigenvalue weighted by Crippen LogP contribution is -2.41. The molecule has 2 amide bonds. The summed E-state index contributed by atoms with van der Waals surface area (Å²) < 4.78 is 18.8. The Labute approximate surface area is 166 Å². The number of hydrogen-bond donors (Lipinski definition) is 1. The number of nitrogens with zero attached hydrogens (tertiary/aromatic N) is 3. The molecule has 0 saturated carbocycles. The Bertz CT molecular complexity index is 994. The SMILES string of the molecule is O=C(Nc1cccc(F)c1)N1CCCC[C@H]1c1nc(-c2cccc(Cl)c2)no1. The molecule has 1 saturated heterocycles. The van der Waals surface area contributed by atoms with E-state index in [2.05, 4.69) is 15.5 Å². The van der Waals surface area contributed by atoms with Crippen molar-refractivity contribution in [3.63, 3.8) is 0 Å². The number of amides is 2. The molecule has 2 aromatic carbocycles. The Morgan fingerprint density at radius 3 is 2.89 bits per heavy atom. The molecule has 6 nitrogen and oxygen atoms in total. The molecule has 144 valence electrons. The van der Waals surface area contributed by atoms with Gasteiger partial charge in [0.25, 0.3) is 0 Å². The monoisotopic (exact) mass is 400 g/mol. The number of hydrogen-bond acceptors (Lipinski definition) is 4. The maximum absolute atomic E-state index is 13.4. The Hall–Kier alpha value is -2.93. The number of benzene rings is 2. The number of halogens is 2. The number of piperidine rings is 1. The van der Waals surface area contributed by atoms with Crippen LogP contribution in [0, 0.1) is 5.82 Å². The average Bonchev–Trinajstić information content (AvgIpc) is 3.18. The molecule has 0 bridgehead atoms. The average molecular weight is 401 g/mol. The second kappa shape index (κ2) is 7.98. The van der Waals surface area contributed by atoms with Crippen LogP contribution in [-0.2, 0) is 0 Å². The van der Waals surface area contributed by atoms with Gasteiger partial charge >= 0.3 is 6.03 Å². The van der Waals surface area contributed by atoms with E-state index < -0.39 is 5.82 Å². The maximum atomic E-state index is 13.4. The molecule has 0 radical (unpaired) electrons. The van der Waals surface area contributed by atoms with Gasteiger partial charge in [0.05, 0.1) is 0 Å². The highest BCUT2D eigenvalue weighted by Gasteiger charge is 2.32. The molecule has 1 aromatic heterocycles. The maximum Gasteiger partial charge on any atom is 0.322 e. The van der Waals surface area contributed by atoms with Crippen LogP contribution in [0.2, 0.25) is 5.02 Å². The van der Waals surface area contributed by atoms with Crippen LogP contribution in [0.3, 0.4) is 0 Å². The minimum atomic E-state index is -0.406. The largest absolute Gasteiger partial charge is 0.337 e. The van der Waals surface area contributed by atoms with Crippen molar-refractivity contribution in [3.05, 3.63) is 65.3 Å². The van der Waals surface area contributed by atoms with Crippen LogP contribution in [0.1, 0.15) is 31.2 Å². The van der Waals surface area contributed by atoms with Gasteiger partial charge in [0.2, 0.25) is 11.7 Å². The molecule has 1 atom stereocenters. The summed E-state index contributed by atoms with van der Waals surface area (Å²) in [4.78, 5) is 18.9. The van der Waals surface area contributed by atoms with Gasteiger partial charge in [-0.2, -0.15) is 4.98 Å². The van der Waals surface area contributed by atoms with Crippen molar-refractivity contribution in [2.45, 2.75) is 25.3 Å². The van der Waals surface area contributed by atoms with Gasteiger partial charge in [-0.1, -0.05) is 35.0 Å². The van der Waals surface area contributed by atoms with E-state index in [1.54, 1.807) is 29.2 Å². The molecule has 2 heterocycles. The van der Waals surface area contributed by atoms with Crippen molar-refractivity contribution >= 4 is 23.3 Å². The highest BCUT2D eigenvalue weighted by molar-refractivity contribution is 6.30. The zero-order valence-electron chi connectivity index (χ0n) is 14.9. The third-order valence-electron chi connectivity index (χ3n) is 4.65. The van der Waals surface area contributed by atoms with Crippen LogP contribution in [0.5, 0.6) is 0 Å². The first-order valence-corrected chi connectivity index (χ1v) is 9.41. The molecule has 8 heteroatoms. The Kier molecular flexibility index (Phi) is 5.25. The first-order valence-electron chi connectivity index (χ1n) is 9.03. The van der Waals surface area contributed by atoms with E-state index in [0.29, 0.717) is 35.4 Å². The molecule has 3 aromatic rings. The van der Waals surface area contributed by atoms with E-state index in [9.17, 15) is 9.18 Å². The van der Waals surface area contributed by atoms with Crippen LogP contribution in [-0.4, -0.2) is 27.6 Å². The molecule has 1 aliphatic heterocycles. The standard InChI is InChI=1S/C20H18ClFN4O2/c21-14-6-3-5-13(11-14)18-24-19(28-25-18)17-9-1-2-10-26(17)20(27)23-16-8-4-7-15(22)12-16/h3-8,11-12,17H,1-2,9-10H2,(H,23,27)/t17-/m0/s1. The van der Waals surface area contributed by atoms with Gasteiger partial charge in [0, 0.05) is 22.8 Å². The Morgan fingerprint density at radius 2 is 2.07 bits per heavy atom. The summed E-state index contributed by atoms with van der Waals surface area (Å²) in [5, 5.41) is 7.36. The second-order valence-corrected chi connectivity index (χ2v) is 7.05. The zero-order chi connectivity index (χ0) is 19.5. The van der Waals surface area contributed by atoms with E-state index in [-0.39, 0.29) is 12.1 Å². The van der Waals surface area contributed by atoms with Crippen molar-refractivity contribution in [2.24, 2.45) is 0 Å². The molecule has 0 spiro atoms. The number of urea groups is 1.